The van der Waals surface area contributed by atoms with Crippen LogP contribution in [0.4, 0.5) is 4.39 Å². The lowest BCUT2D eigenvalue weighted by Gasteiger charge is -1.94. The van der Waals surface area contributed by atoms with Crippen molar-refractivity contribution in [3.8, 4) is 0 Å². The molecule has 3 heteroatoms. The monoisotopic (exact) mass is 172 g/mol. The summed E-state index contributed by atoms with van der Waals surface area (Å²) in [5.74, 6) is -0.283. The number of thiocarbonyl (C=S) groups is 1. The maximum Gasteiger partial charge on any atom is 0.123 e. The maximum absolute atomic E-state index is 12.4. The Labute approximate surface area is 69.5 Å². The molecule has 1 aromatic rings. The highest BCUT2D eigenvalue weighted by atomic mass is 32.1. The molecule has 0 N–H and O–H groups in total. The smallest absolute Gasteiger partial charge is 0.123 e. The SMILES string of the molecule is Fc1cccc(C(=S)S)c1. The van der Waals surface area contributed by atoms with E-state index < -0.39 is 0 Å². The van der Waals surface area contributed by atoms with Gasteiger partial charge in [-0.15, -0.1) is 12.6 Å². The molecular weight excluding hydrogens is 167 g/mol. The van der Waals surface area contributed by atoms with Gasteiger partial charge in [0.1, 0.15) is 5.82 Å². The van der Waals surface area contributed by atoms with Gasteiger partial charge in [0.2, 0.25) is 0 Å². The third-order valence-electron chi connectivity index (χ3n) is 1.07. The molecule has 0 aliphatic rings. The normalized spacial score (nSPS) is 9.40. The Morgan fingerprint density at radius 3 is 2.60 bits per heavy atom. The molecule has 10 heavy (non-hydrogen) atoms. The fraction of sp³-hybridized carbons (Fsp3) is 0. The van der Waals surface area contributed by atoms with Gasteiger partial charge < -0.3 is 0 Å². The minimum atomic E-state index is -0.283. The van der Waals surface area contributed by atoms with Crippen LogP contribution in [0.5, 0.6) is 0 Å². The molecule has 0 amide bonds. The van der Waals surface area contributed by atoms with Crippen LogP contribution in [0.25, 0.3) is 0 Å². The molecule has 0 unspecified atom stereocenters. The predicted octanol–water partition coefficient (Wildman–Crippen LogP) is 2.43. The van der Waals surface area contributed by atoms with Crippen molar-refractivity contribution in [1.82, 2.24) is 0 Å². The second kappa shape index (κ2) is 3.12. The first kappa shape index (κ1) is 7.69. The summed E-state index contributed by atoms with van der Waals surface area (Å²) in [4.78, 5) is 0. The van der Waals surface area contributed by atoms with Crippen LogP contribution in [0.1, 0.15) is 5.56 Å². The minimum Gasteiger partial charge on any atom is -0.207 e. The van der Waals surface area contributed by atoms with Gasteiger partial charge in [-0.05, 0) is 12.1 Å². The van der Waals surface area contributed by atoms with Gasteiger partial charge in [0.15, 0.2) is 0 Å². The Kier molecular flexibility index (Phi) is 2.40. The first-order valence-electron chi connectivity index (χ1n) is 2.69. The largest absolute Gasteiger partial charge is 0.207 e. The van der Waals surface area contributed by atoms with Gasteiger partial charge in [0.05, 0.1) is 4.20 Å². The number of hydrogen-bond acceptors (Lipinski definition) is 1. The zero-order valence-corrected chi connectivity index (χ0v) is 6.75. The molecule has 0 fully saturated rings. The van der Waals surface area contributed by atoms with E-state index in [1.807, 2.05) is 0 Å². The summed E-state index contributed by atoms with van der Waals surface area (Å²) in [6, 6.07) is 6.05. The van der Waals surface area contributed by atoms with Gasteiger partial charge in [-0.2, -0.15) is 0 Å². The average Bonchev–Trinajstić information content (AvgIpc) is 1.88. The average molecular weight is 172 g/mol. The van der Waals surface area contributed by atoms with Crippen molar-refractivity contribution in [3.63, 3.8) is 0 Å². The summed E-state index contributed by atoms with van der Waals surface area (Å²) in [7, 11) is 0. The zero-order chi connectivity index (χ0) is 7.56. The molecule has 0 radical (unpaired) electrons. The van der Waals surface area contributed by atoms with Crippen molar-refractivity contribution < 1.29 is 4.39 Å². The molecule has 0 nitrogen and oxygen atoms in total. The Morgan fingerprint density at radius 2 is 2.20 bits per heavy atom. The van der Waals surface area contributed by atoms with Crippen LogP contribution in [-0.4, -0.2) is 4.20 Å². The molecule has 1 aromatic carbocycles. The summed E-state index contributed by atoms with van der Waals surface area (Å²) >= 11 is 8.62. The Balaban J connectivity index is 3.07. The third kappa shape index (κ3) is 1.78. The fourth-order valence-electron chi connectivity index (χ4n) is 0.622. The van der Waals surface area contributed by atoms with E-state index in [9.17, 15) is 4.39 Å². The standard InChI is InChI=1S/C7H5FS2/c8-6-3-1-2-5(4-6)7(9)10/h1-4H,(H,9,10). The molecule has 0 saturated heterocycles. The molecule has 52 valence electrons. The van der Waals surface area contributed by atoms with E-state index in [0.29, 0.717) is 9.76 Å². The summed E-state index contributed by atoms with van der Waals surface area (Å²) < 4.78 is 12.9. The van der Waals surface area contributed by atoms with E-state index in [0.717, 1.165) is 0 Å². The van der Waals surface area contributed by atoms with Gasteiger partial charge in [-0.3, -0.25) is 0 Å². The Morgan fingerprint density at radius 1 is 1.50 bits per heavy atom. The highest BCUT2D eigenvalue weighted by Crippen LogP contribution is 2.06. The van der Waals surface area contributed by atoms with Crippen molar-refractivity contribution in [1.29, 1.82) is 0 Å². The van der Waals surface area contributed by atoms with E-state index in [2.05, 4.69) is 12.6 Å². The summed E-state index contributed by atoms with van der Waals surface area (Å²) in [5, 5.41) is 0. The van der Waals surface area contributed by atoms with Crippen molar-refractivity contribution >= 4 is 29.0 Å². The van der Waals surface area contributed by atoms with Crippen molar-refractivity contribution in [2.45, 2.75) is 0 Å². The second-order valence-electron chi connectivity index (χ2n) is 1.82. The van der Waals surface area contributed by atoms with E-state index in [1.54, 1.807) is 12.1 Å². The van der Waals surface area contributed by atoms with Gasteiger partial charge in [-0.25, -0.2) is 4.39 Å². The molecular formula is C7H5FS2. The van der Waals surface area contributed by atoms with Crippen molar-refractivity contribution in [2.75, 3.05) is 0 Å². The van der Waals surface area contributed by atoms with Gasteiger partial charge in [-0.1, -0.05) is 24.4 Å². The van der Waals surface area contributed by atoms with Gasteiger partial charge in [0.25, 0.3) is 0 Å². The number of halogens is 1. The van der Waals surface area contributed by atoms with E-state index in [-0.39, 0.29) is 5.82 Å². The lowest BCUT2D eigenvalue weighted by Crippen LogP contribution is -1.86. The first-order valence-corrected chi connectivity index (χ1v) is 3.54. The minimum absolute atomic E-state index is 0.283. The van der Waals surface area contributed by atoms with Gasteiger partial charge >= 0.3 is 0 Å². The molecule has 0 aromatic heterocycles. The maximum atomic E-state index is 12.4. The van der Waals surface area contributed by atoms with Crippen LogP contribution < -0.4 is 0 Å². The number of rotatable bonds is 1. The van der Waals surface area contributed by atoms with Crippen LogP contribution in [0.2, 0.25) is 0 Å². The van der Waals surface area contributed by atoms with Crippen LogP contribution in [0.3, 0.4) is 0 Å². The molecule has 0 aliphatic carbocycles. The molecule has 0 aliphatic heterocycles. The zero-order valence-electron chi connectivity index (χ0n) is 5.04. The Bertz CT molecular complexity index is 258. The Hall–Kier alpha value is -0.410. The molecule has 0 atom stereocenters. The highest BCUT2D eigenvalue weighted by molar-refractivity contribution is 8.11. The molecule has 1 rings (SSSR count). The van der Waals surface area contributed by atoms with Gasteiger partial charge in [0, 0.05) is 5.56 Å². The number of thiol groups is 1. The van der Waals surface area contributed by atoms with Crippen LogP contribution in [0, 0.1) is 5.82 Å². The van der Waals surface area contributed by atoms with Crippen LogP contribution in [-0.2, 0) is 0 Å². The van der Waals surface area contributed by atoms with Crippen molar-refractivity contribution in [2.24, 2.45) is 0 Å². The summed E-state index contributed by atoms with van der Waals surface area (Å²) in [6.07, 6.45) is 0. The van der Waals surface area contributed by atoms with Crippen LogP contribution in [0.15, 0.2) is 24.3 Å². The topological polar surface area (TPSA) is 0 Å². The van der Waals surface area contributed by atoms with E-state index in [1.165, 1.54) is 12.1 Å². The van der Waals surface area contributed by atoms with Crippen LogP contribution >= 0.6 is 24.8 Å². The fourth-order valence-corrected chi connectivity index (χ4v) is 0.888. The van der Waals surface area contributed by atoms with E-state index in [4.69, 9.17) is 12.2 Å². The number of benzene rings is 1. The van der Waals surface area contributed by atoms with E-state index >= 15 is 0 Å². The lowest BCUT2D eigenvalue weighted by molar-refractivity contribution is 0.627. The van der Waals surface area contributed by atoms with Crippen molar-refractivity contribution in [3.05, 3.63) is 35.6 Å². The number of hydrogen-bond donors (Lipinski definition) is 1. The quantitative estimate of drug-likeness (QED) is 0.501. The molecule has 0 bridgehead atoms. The molecule has 0 spiro atoms. The molecule has 0 saturated carbocycles. The summed E-state index contributed by atoms with van der Waals surface area (Å²) in [5.41, 5.74) is 0.651. The first-order chi connectivity index (χ1) is 4.70. The lowest BCUT2D eigenvalue weighted by atomic mass is 10.2. The highest BCUT2D eigenvalue weighted by Gasteiger charge is 1.95. The third-order valence-corrected chi connectivity index (χ3v) is 1.57. The predicted molar refractivity (Wildman–Crippen MR) is 47.1 cm³/mol. The summed E-state index contributed by atoms with van der Waals surface area (Å²) in [6.45, 7) is 0. The second-order valence-corrected chi connectivity index (χ2v) is 2.97. The molecule has 0 heterocycles.